The molecular weight excluding hydrogens is 313 g/mol. The lowest BCUT2D eigenvalue weighted by atomic mass is 9.86. The minimum absolute atomic E-state index is 0.102. The van der Waals surface area contributed by atoms with Crippen LogP contribution in [0.3, 0.4) is 0 Å². The van der Waals surface area contributed by atoms with Crippen molar-refractivity contribution in [3.63, 3.8) is 0 Å². The zero-order valence-corrected chi connectivity index (χ0v) is 12.4. The first-order chi connectivity index (χ1) is 9.52. The van der Waals surface area contributed by atoms with Crippen LogP contribution in [0.15, 0.2) is 0 Å². The van der Waals surface area contributed by atoms with Gasteiger partial charge in [-0.05, 0) is 25.7 Å². The standard InChI is InChI=1S/C11H19F3N2O4S/c1-16(7-6-10(17)18)21(19,20)15-9-4-2-8(3-5-9)11(12,13)14/h8-9,15H,2-7H2,1H3,(H,17,18). The maximum atomic E-state index is 12.5. The smallest absolute Gasteiger partial charge is 0.391 e. The quantitative estimate of drug-likeness (QED) is 0.769. The predicted octanol–water partition coefficient (Wildman–Crippen LogP) is 1.35. The van der Waals surface area contributed by atoms with E-state index in [4.69, 9.17) is 5.11 Å². The number of aliphatic carboxylic acids is 1. The van der Waals surface area contributed by atoms with Crippen LogP contribution in [-0.4, -0.2) is 49.6 Å². The number of carboxylic acid groups (broad SMARTS) is 1. The van der Waals surface area contributed by atoms with Gasteiger partial charge in [0.05, 0.1) is 12.3 Å². The molecule has 1 saturated carbocycles. The van der Waals surface area contributed by atoms with Gasteiger partial charge in [0.1, 0.15) is 0 Å². The summed E-state index contributed by atoms with van der Waals surface area (Å²) in [6, 6.07) is -0.541. The number of carbonyl (C=O) groups is 1. The topological polar surface area (TPSA) is 86.7 Å². The molecule has 21 heavy (non-hydrogen) atoms. The molecule has 1 fully saturated rings. The Labute approximate surface area is 121 Å². The molecule has 0 aromatic rings. The summed E-state index contributed by atoms with van der Waals surface area (Å²) in [5, 5.41) is 8.51. The monoisotopic (exact) mass is 332 g/mol. The number of hydrogen-bond donors (Lipinski definition) is 2. The molecule has 1 aliphatic carbocycles. The average Bonchev–Trinajstić information content (AvgIpc) is 2.34. The van der Waals surface area contributed by atoms with Crippen LogP contribution in [0.5, 0.6) is 0 Å². The van der Waals surface area contributed by atoms with E-state index in [1.807, 2.05) is 0 Å². The van der Waals surface area contributed by atoms with Crippen LogP contribution < -0.4 is 4.72 Å². The fraction of sp³-hybridized carbons (Fsp3) is 0.909. The van der Waals surface area contributed by atoms with E-state index in [1.54, 1.807) is 0 Å². The maximum absolute atomic E-state index is 12.5. The first kappa shape index (κ1) is 18.2. The summed E-state index contributed by atoms with van der Waals surface area (Å²) in [6.45, 7) is -0.192. The molecule has 1 aliphatic rings. The van der Waals surface area contributed by atoms with Crippen molar-refractivity contribution in [2.45, 2.75) is 44.3 Å². The molecular formula is C11H19F3N2O4S. The molecule has 0 amide bonds. The van der Waals surface area contributed by atoms with E-state index in [0.29, 0.717) is 0 Å². The first-order valence-corrected chi connectivity index (χ1v) is 7.98. The summed E-state index contributed by atoms with van der Waals surface area (Å²) in [7, 11) is -2.64. The molecule has 0 saturated heterocycles. The van der Waals surface area contributed by atoms with Gasteiger partial charge < -0.3 is 5.11 Å². The fourth-order valence-electron chi connectivity index (χ4n) is 2.21. The van der Waals surface area contributed by atoms with Crippen molar-refractivity contribution >= 4 is 16.2 Å². The molecule has 0 heterocycles. The summed E-state index contributed by atoms with van der Waals surface area (Å²) in [6.07, 6.45) is -4.53. The predicted molar refractivity (Wildman–Crippen MR) is 68.7 cm³/mol. The molecule has 0 radical (unpaired) electrons. The average molecular weight is 332 g/mol. The Kier molecular flexibility index (Phi) is 6.00. The molecule has 0 unspecified atom stereocenters. The van der Waals surface area contributed by atoms with Gasteiger partial charge >= 0.3 is 12.1 Å². The Hall–Kier alpha value is -0.870. The van der Waals surface area contributed by atoms with Crippen LogP contribution in [0.2, 0.25) is 0 Å². The number of halogens is 3. The lowest BCUT2D eigenvalue weighted by Gasteiger charge is -2.31. The van der Waals surface area contributed by atoms with Crippen LogP contribution >= 0.6 is 0 Å². The van der Waals surface area contributed by atoms with Gasteiger partial charge in [0, 0.05) is 19.6 Å². The summed E-state index contributed by atoms with van der Waals surface area (Å²) >= 11 is 0. The van der Waals surface area contributed by atoms with Crippen LogP contribution in [0.1, 0.15) is 32.1 Å². The fourth-order valence-corrected chi connectivity index (χ4v) is 3.38. The molecule has 0 bridgehead atoms. The third-order valence-electron chi connectivity index (χ3n) is 3.56. The number of nitrogens with one attached hydrogen (secondary N) is 1. The van der Waals surface area contributed by atoms with Crippen LogP contribution in [0.4, 0.5) is 13.2 Å². The highest BCUT2D eigenvalue weighted by atomic mass is 32.2. The van der Waals surface area contributed by atoms with Gasteiger partial charge in [-0.15, -0.1) is 0 Å². The second-order valence-electron chi connectivity index (χ2n) is 5.18. The zero-order chi connectivity index (χ0) is 16.3. The molecule has 0 aromatic carbocycles. The first-order valence-electron chi connectivity index (χ1n) is 6.54. The second kappa shape index (κ2) is 6.93. The molecule has 2 N–H and O–H groups in total. The van der Waals surface area contributed by atoms with E-state index < -0.39 is 34.3 Å². The number of alkyl halides is 3. The van der Waals surface area contributed by atoms with E-state index in [-0.39, 0.29) is 38.6 Å². The third-order valence-corrected chi connectivity index (χ3v) is 5.19. The molecule has 10 heteroatoms. The summed E-state index contributed by atoms with van der Waals surface area (Å²) in [5.41, 5.74) is 0. The third kappa shape index (κ3) is 5.79. The highest BCUT2D eigenvalue weighted by molar-refractivity contribution is 7.87. The molecule has 0 aromatic heterocycles. The van der Waals surface area contributed by atoms with Crippen LogP contribution in [-0.2, 0) is 15.0 Å². The minimum atomic E-state index is -4.23. The van der Waals surface area contributed by atoms with Crippen molar-refractivity contribution < 1.29 is 31.5 Å². The van der Waals surface area contributed by atoms with Crippen LogP contribution in [0.25, 0.3) is 0 Å². The number of carboxylic acids is 1. The molecule has 0 aliphatic heterocycles. The van der Waals surface area contributed by atoms with Gasteiger partial charge in [-0.3, -0.25) is 4.79 Å². The van der Waals surface area contributed by atoms with Gasteiger partial charge in [0.25, 0.3) is 10.2 Å². The van der Waals surface area contributed by atoms with Gasteiger partial charge in [-0.1, -0.05) is 0 Å². The number of hydrogen-bond acceptors (Lipinski definition) is 3. The second-order valence-corrected chi connectivity index (χ2v) is 6.99. The van der Waals surface area contributed by atoms with Crippen molar-refractivity contribution in [2.24, 2.45) is 5.92 Å². The normalized spacial score (nSPS) is 24.2. The van der Waals surface area contributed by atoms with E-state index >= 15 is 0 Å². The Morgan fingerprint density at radius 3 is 2.24 bits per heavy atom. The lowest BCUT2D eigenvalue weighted by molar-refractivity contribution is -0.182. The molecule has 0 spiro atoms. The molecule has 1 rings (SSSR count). The van der Waals surface area contributed by atoms with Crippen molar-refractivity contribution in [1.82, 2.24) is 9.03 Å². The van der Waals surface area contributed by atoms with E-state index in [2.05, 4.69) is 4.72 Å². The summed E-state index contributed by atoms with van der Waals surface area (Å²) in [5.74, 6) is -2.49. The number of rotatable bonds is 6. The van der Waals surface area contributed by atoms with Crippen molar-refractivity contribution in [1.29, 1.82) is 0 Å². The minimum Gasteiger partial charge on any atom is -0.481 e. The Balaban J connectivity index is 2.49. The van der Waals surface area contributed by atoms with Gasteiger partial charge in [-0.2, -0.15) is 30.6 Å². The van der Waals surface area contributed by atoms with Gasteiger partial charge in [0.2, 0.25) is 0 Å². The Morgan fingerprint density at radius 2 is 1.81 bits per heavy atom. The van der Waals surface area contributed by atoms with Crippen LogP contribution in [0, 0.1) is 5.92 Å². The van der Waals surface area contributed by atoms with Crippen molar-refractivity contribution in [3.8, 4) is 0 Å². The highest BCUT2D eigenvalue weighted by Gasteiger charge is 2.42. The Morgan fingerprint density at radius 1 is 1.29 bits per heavy atom. The largest absolute Gasteiger partial charge is 0.481 e. The Bertz CT molecular complexity index is 459. The molecule has 6 nitrogen and oxygen atoms in total. The lowest BCUT2D eigenvalue weighted by Crippen LogP contribution is -2.46. The van der Waals surface area contributed by atoms with E-state index in [9.17, 15) is 26.4 Å². The molecule has 0 atom stereocenters. The van der Waals surface area contributed by atoms with Gasteiger partial charge in [-0.25, -0.2) is 0 Å². The van der Waals surface area contributed by atoms with Crippen molar-refractivity contribution in [2.75, 3.05) is 13.6 Å². The zero-order valence-electron chi connectivity index (χ0n) is 11.6. The summed E-state index contributed by atoms with van der Waals surface area (Å²) < 4.78 is 64.5. The van der Waals surface area contributed by atoms with E-state index in [0.717, 1.165) is 4.31 Å². The summed E-state index contributed by atoms with van der Waals surface area (Å²) in [4.78, 5) is 10.4. The number of nitrogens with zero attached hydrogens (tertiary/aromatic N) is 1. The van der Waals surface area contributed by atoms with Crippen molar-refractivity contribution in [3.05, 3.63) is 0 Å². The maximum Gasteiger partial charge on any atom is 0.391 e. The van der Waals surface area contributed by atoms with Gasteiger partial charge in [0.15, 0.2) is 0 Å². The molecule has 124 valence electrons. The highest BCUT2D eigenvalue weighted by Crippen LogP contribution is 2.37. The SMILES string of the molecule is CN(CCC(=O)O)S(=O)(=O)NC1CCC(C(F)(F)F)CC1. The van der Waals surface area contributed by atoms with E-state index in [1.165, 1.54) is 7.05 Å².